The molecule has 1 heterocycles. The smallest absolute Gasteiger partial charge is 0.0713 e. The Morgan fingerprint density at radius 2 is 0.681 bits per heavy atom. The highest BCUT2D eigenvalue weighted by atomic mass is 15.1. The van der Waals surface area contributed by atoms with Crippen LogP contribution in [-0.4, -0.2) is 4.57 Å². The molecule has 1 aromatic heterocycles. The van der Waals surface area contributed by atoms with Gasteiger partial charge in [-0.25, -0.2) is 0 Å². The normalized spacial score (nSPS) is 12.5. The number of fused-ring (bicyclic) bond motifs is 6. The van der Waals surface area contributed by atoms with Gasteiger partial charge in [-0.15, -0.1) is 0 Å². The molecular formula is C67H46N2. The maximum atomic E-state index is 2.40. The summed E-state index contributed by atoms with van der Waals surface area (Å²) in [6.45, 7) is 0. The number of nitrogens with zero attached hydrogens (tertiary/aromatic N) is 2. The highest BCUT2D eigenvalue weighted by Crippen LogP contribution is 2.56. The summed E-state index contributed by atoms with van der Waals surface area (Å²) in [7, 11) is 0. The second-order valence-corrected chi connectivity index (χ2v) is 18.0. The van der Waals surface area contributed by atoms with Crippen LogP contribution in [0.5, 0.6) is 0 Å². The molecule has 0 radical (unpaired) electrons. The average Bonchev–Trinajstić information content (AvgIpc) is 3.93. The molecule has 1 aliphatic rings. The Hall–Kier alpha value is -8.98. The molecule has 11 aromatic carbocycles. The van der Waals surface area contributed by atoms with E-state index in [0.717, 1.165) is 28.3 Å². The Balaban J connectivity index is 0.901. The number of para-hydroxylation sites is 2. The quantitative estimate of drug-likeness (QED) is 0.140. The molecule has 0 amide bonds. The van der Waals surface area contributed by atoms with Crippen molar-refractivity contribution in [3.05, 3.63) is 301 Å². The van der Waals surface area contributed by atoms with Crippen molar-refractivity contribution < 1.29 is 0 Å². The summed E-state index contributed by atoms with van der Waals surface area (Å²) in [5, 5.41) is 2.53. The van der Waals surface area contributed by atoms with E-state index in [1.165, 1.54) is 83.0 Å². The number of hydrogen-bond acceptors (Lipinski definition) is 1. The van der Waals surface area contributed by atoms with E-state index >= 15 is 0 Å². The third-order valence-corrected chi connectivity index (χ3v) is 14.3. The Bertz CT molecular complexity index is 3690. The minimum absolute atomic E-state index is 0.470. The zero-order valence-electron chi connectivity index (χ0n) is 38.0. The maximum absolute atomic E-state index is 2.40. The van der Waals surface area contributed by atoms with Crippen molar-refractivity contribution in [1.82, 2.24) is 4.57 Å². The molecular weight excluding hydrogens is 833 g/mol. The van der Waals surface area contributed by atoms with Crippen LogP contribution >= 0.6 is 0 Å². The van der Waals surface area contributed by atoms with Crippen LogP contribution in [0.25, 0.3) is 72.0 Å². The van der Waals surface area contributed by atoms with Crippen LogP contribution in [0.15, 0.2) is 279 Å². The monoisotopic (exact) mass is 878 g/mol. The van der Waals surface area contributed by atoms with Crippen molar-refractivity contribution in [3.8, 4) is 50.2 Å². The predicted molar refractivity (Wildman–Crippen MR) is 289 cm³/mol. The number of rotatable bonds is 9. The standard InChI is InChI=1S/C67H46N2/c1-3-16-47(17-4-1)48-30-32-51(33-31-48)52-18-15-21-58(46-52)68(55-40-34-49(35-41-55)50-36-42-57(43-37-50)69-65-28-13-9-24-61(65)62-25-10-14-29-66(62)69)56-44-38-54(39-45-56)67(53-19-5-2-6-20-53)63-26-11-7-22-59(63)60-23-8-12-27-64(60)67/h1-46H. The van der Waals surface area contributed by atoms with Crippen LogP contribution in [0.3, 0.4) is 0 Å². The fourth-order valence-electron chi connectivity index (χ4n) is 11.1. The van der Waals surface area contributed by atoms with Gasteiger partial charge in [0, 0.05) is 33.5 Å². The first-order valence-electron chi connectivity index (χ1n) is 23.8. The molecule has 0 atom stereocenters. The number of hydrogen-bond donors (Lipinski definition) is 0. The molecule has 0 aliphatic heterocycles. The van der Waals surface area contributed by atoms with Crippen LogP contribution in [0.4, 0.5) is 17.1 Å². The molecule has 0 fully saturated rings. The second-order valence-electron chi connectivity index (χ2n) is 18.0. The first-order chi connectivity index (χ1) is 34.2. The second kappa shape index (κ2) is 16.7. The predicted octanol–water partition coefficient (Wildman–Crippen LogP) is 17.6. The van der Waals surface area contributed by atoms with Crippen LogP contribution in [0.2, 0.25) is 0 Å². The molecule has 0 N–H and O–H groups in total. The first-order valence-corrected chi connectivity index (χ1v) is 23.8. The van der Waals surface area contributed by atoms with E-state index < -0.39 is 5.41 Å². The fourth-order valence-corrected chi connectivity index (χ4v) is 11.1. The third-order valence-electron chi connectivity index (χ3n) is 14.3. The zero-order chi connectivity index (χ0) is 45.7. The minimum Gasteiger partial charge on any atom is -0.310 e. The summed E-state index contributed by atoms with van der Waals surface area (Å²) in [5.41, 5.74) is 21.2. The molecule has 0 saturated heterocycles. The largest absolute Gasteiger partial charge is 0.310 e. The van der Waals surface area contributed by atoms with Gasteiger partial charge >= 0.3 is 0 Å². The Morgan fingerprint density at radius 3 is 1.26 bits per heavy atom. The van der Waals surface area contributed by atoms with Gasteiger partial charge < -0.3 is 9.47 Å². The van der Waals surface area contributed by atoms with Gasteiger partial charge in [0.05, 0.1) is 16.4 Å². The molecule has 69 heavy (non-hydrogen) atoms. The van der Waals surface area contributed by atoms with E-state index in [1.807, 2.05) is 0 Å². The fraction of sp³-hybridized carbons (Fsp3) is 0.0149. The molecule has 13 rings (SSSR count). The van der Waals surface area contributed by atoms with Gasteiger partial charge in [-0.05, 0) is 127 Å². The highest BCUT2D eigenvalue weighted by Gasteiger charge is 2.45. The number of aromatic nitrogens is 1. The zero-order valence-corrected chi connectivity index (χ0v) is 38.0. The van der Waals surface area contributed by atoms with Crippen LogP contribution in [0.1, 0.15) is 22.3 Å². The summed E-state index contributed by atoms with van der Waals surface area (Å²) in [6.07, 6.45) is 0. The number of anilines is 3. The molecule has 12 aromatic rings. The van der Waals surface area contributed by atoms with Crippen molar-refractivity contribution in [3.63, 3.8) is 0 Å². The lowest BCUT2D eigenvalue weighted by Gasteiger charge is -2.34. The van der Waals surface area contributed by atoms with Crippen molar-refractivity contribution >= 4 is 38.9 Å². The third kappa shape index (κ3) is 6.72. The van der Waals surface area contributed by atoms with Gasteiger partial charge in [0.1, 0.15) is 0 Å². The van der Waals surface area contributed by atoms with E-state index in [4.69, 9.17) is 0 Å². The van der Waals surface area contributed by atoms with Crippen LogP contribution in [-0.2, 0) is 5.41 Å². The van der Waals surface area contributed by atoms with Gasteiger partial charge in [-0.3, -0.25) is 0 Å². The molecule has 0 bridgehead atoms. The SMILES string of the molecule is c1ccc(-c2ccc(-c3cccc(N(c4ccc(-c5ccc(-n6c7ccccc7c7ccccc76)cc5)cc4)c4ccc(C5(c6ccccc6)c6ccccc6-c6ccccc65)cc4)c3)cc2)cc1. The van der Waals surface area contributed by atoms with E-state index in [9.17, 15) is 0 Å². The topological polar surface area (TPSA) is 8.17 Å². The maximum Gasteiger partial charge on any atom is 0.0713 e. The molecule has 0 unspecified atom stereocenters. The van der Waals surface area contributed by atoms with E-state index in [1.54, 1.807) is 0 Å². The van der Waals surface area contributed by atoms with Crippen molar-refractivity contribution in [2.45, 2.75) is 5.41 Å². The van der Waals surface area contributed by atoms with Gasteiger partial charge in [0.15, 0.2) is 0 Å². The Kier molecular flexibility index (Phi) is 9.77. The minimum atomic E-state index is -0.470. The Morgan fingerprint density at radius 1 is 0.275 bits per heavy atom. The molecule has 0 saturated carbocycles. The first kappa shape index (κ1) is 40.3. The molecule has 2 nitrogen and oxygen atoms in total. The molecule has 324 valence electrons. The molecule has 2 heteroatoms. The van der Waals surface area contributed by atoms with Crippen LogP contribution < -0.4 is 4.90 Å². The van der Waals surface area contributed by atoms with Crippen molar-refractivity contribution in [2.75, 3.05) is 4.90 Å². The van der Waals surface area contributed by atoms with Gasteiger partial charge in [-0.2, -0.15) is 0 Å². The summed E-state index contributed by atoms with van der Waals surface area (Å²) >= 11 is 0. The Labute approximate surface area is 403 Å². The summed E-state index contributed by atoms with van der Waals surface area (Å²) in [6, 6.07) is 102. The summed E-state index contributed by atoms with van der Waals surface area (Å²) in [4.78, 5) is 2.40. The van der Waals surface area contributed by atoms with E-state index in [-0.39, 0.29) is 0 Å². The lowest BCUT2D eigenvalue weighted by Crippen LogP contribution is -2.28. The number of benzene rings is 11. The lowest BCUT2D eigenvalue weighted by molar-refractivity contribution is 0.768. The van der Waals surface area contributed by atoms with E-state index in [0.29, 0.717) is 0 Å². The lowest BCUT2D eigenvalue weighted by atomic mass is 9.68. The van der Waals surface area contributed by atoms with E-state index in [2.05, 4.69) is 289 Å². The highest BCUT2D eigenvalue weighted by molar-refractivity contribution is 6.09. The molecule has 0 spiro atoms. The van der Waals surface area contributed by atoms with Crippen LogP contribution in [0, 0.1) is 0 Å². The summed E-state index contributed by atoms with van der Waals surface area (Å²) in [5.74, 6) is 0. The van der Waals surface area contributed by atoms with Crippen molar-refractivity contribution in [2.24, 2.45) is 0 Å². The van der Waals surface area contributed by atoms with Crippen molar-refractivity contribution in [1.29, 1.82) is 0 Å². The average molecular weight is 879 g/mol. The molecule has 1 aliphatic carbocycles. The van der Waals surface area contributed by atoms with Gasteiger partial charge in [-0.1, -0.05) is 218 Å². The van der Waals surface area contributed by atoms with Gasteiger partial charge in [0.25, 0.3) is 0 Å². The van der Waals surface area contributed by atoms with Gasteiger partial charge in [0.2, 0.25) is 0 Å². The summed E-state index contributed by atoms with van der Waals surface area (Å²) < 4.78 is 2.37.